The molecule has 0 atom stereocenters. The highest BCUT2D eigenvalue weighted by atomic mass is 14.7. The summed E-state index contributed by atoms with van der Waals surface area (Å²) in [6.07, 6.45) is -0.641. The van der Waals surface area contributed by atoms with Crippen molar-refractivity contribution in [1.29, 1.82) is 0 Å². The fourth-order valence-corrected chi connectivity index (χ4v) is 1.86. The highest BCUT2D eigenvalue weighted by Crippen LogP contribution is 2.27. The first-order valence-corrected chi connectivity index (χ1v) is 6.37. The maximum absolute atomic E-state index is 8.52. The first-order chi connectivity index (χ1) is 11.4. The minimum absolute atomic E-state index is 0.0856. The second-order valence-corrected chi connectivity index (χ2v) is 5.65. The van der Waals surface area contributed by atoms with Gasteiger partial charge >= 0.3 is 0 Å². The Kier molecular flexibility index (Phi) is 2.44. The van der Waals surface area contributed by atoms with Gasteiger partial charge < -0.3 is 0 Å². The summed E-state index contributed by atoms with van der Waals surface area (Å²) in [6, 6.07) is 8.31. The highest BCUT2D eigenvalue weighted by molar-refractivity contribution is 5.66. The molecule has 0 aliphatic heterocycles. The third-order valence-electron chi connectivity index (χ3n) is 2.68. The summed E-state index contributed by atoms with van der Waals surface area (Å²) < 4.78 is 40.2. The molecule has 0 spiro atoms. The van der Waals surface area contributed by atoms with E-state index in [9.17, 15) is 0 Å². The Balaban J connectivity index is 2.73. The standard InChI is InChI=1S/C18H20N2/c1-13-12-20-17(10-15(13)11-18(2,3)4)14-7-6-8-16(9-14)19-5/h6-10,12H,11H2,1-4H3/i1D3,11D2. The Morgan fingerprint density at radius 3 is 2.80 bits per heavy atom. The van der Waals surface area contributed by atoms with Crippen LogP contribution in [0.1, 0.15) is 38.8 Å². The van der Waals surface area contributed by atoms with E-state index in [1.54, 1.807) is 45.0 Å². The van der Waals surface area contributed by atoms with Crippen molar-refractivity contribution < 1.29 is 6.85 Å². The average molecular weight is 269 g/mol. The summed E-state index contributed by atoms with van der Waals surface area (Å²) in [5, 5.41) is 0. The van der Waals surface area contributed by atoms with E-state index in [2.05, 4.69) is 9.83 Å². The molecule has 0 bridgehead atoms. The number of hydrogen-bond donors (Lipinski definition) is 0. The van der Waals surface area contributed by atoms with E-state index < -0.39 is 18.6 Å². The summed E-state index contributed by atoms with van der Waals surface area (Å²) >= 11 is 0. The SMILES string of the molecule is [2H]C([2H])([2H])c1cnc(-c2cccc([N+]#[C-])c2)cc1C([2H])([2H])C(C)(C)C. The van der Waals surface area contributed by atoms with Gasteiger partial charge in [0.25, 0.3) is 0 Å². The number of rotatable bonds is 2. The van der Waals surface area contributed by atoms with Crippen LogP contribution >= 0.6 is 0 Å². The number of nitrogens with zero attached hydrogens (tertiary/aromatic N) is 2. The molecule has 2 nitrogen and oxygen atoms in total. The minimum Gasteiger partial charge on any atom is -0.256 e. The molecule has 2 heteroatoms. The molecular formula is C18H20N2. The topological polar surface area (TPSA) is 17.2 Å². The van der Waals surface area contributed by atoms with Crippen LogP contribution in [0.4, 0.5) is 5.69 Å². The second-order valence-electron chi connectivity index (χ2n) is 5.65. The maximum Gasteiger partial charge on any atom is 0.187 e. The normalized spacial score (nSPS) is 16.2. The van der Waals surface area contributed by atoms with E-state index in [0.29, 0.717) is 16.9 Å². The predicted octanol–water partition coefficient (Wildman–Crippen LogP) is 5.20. The van der Waals surface area contributed by atoms with Crippen molar-refractivity contribution in [2.45, 2.75) is 34.0 Å². The van der Waals surface area contributed by atoms with Gasteiger partial charge in [-0.05, 0) is 47.5 Å². The lowest BCUT2D eigenvalue weighted by atomic mass is 9.86. The third-order valence-corrected chi connectivity index (χ3v) is 2.68. The van der Waals surface area contributed by atoms with E-state index >= 15 is 0 Å². The van der Waals surface area contributed by atoms with Crippen LogP contribution in [-0.4, -0.2) is 4.98 Å². The van der Waals surface area contributed by atoms with Gasteiger partial charge in [-0.3, -0.25) is 4.98 Å². The molecule has 2 rings (SSSR count). The molecule has 0 unspecified atom stereocenters. The number of hydrogen-bond acceptors (Lipinski definition) is 1. The zero-order chi connectivity index (χ0) is 19.0. The van der Waals surface area contributed by atoms with Gasteiger partial charge in [0.1, 0.15) is 0 Å². The van der Waals surface area contributed by atoms with Crippen molar-refractivity contribution in [1.82, 2.24) is 4.98 Å². The fraction of sp³-hybridized carbons (Fsp3) is 0.333. The average Bonchev–Trinajstić information content (AvgIpc) is 2.52. The Morgan fingerprint density at radius 1 is 1.35 bits per heavy atom. The lowest BCUT2D eigenvalue weighted by Gasteiger charge is -2.20. The van der Waals surface area contributed by atoms with Crippen LogP contribution in [0.25, 0.3) is 16.1 Å². The lowest BCUT2D eigenvalue weighted by Crippen LogP contribution is -2.10. The second kappa shape index (κ2) is 5.46. The molecule has 2 aromatic rings. The molecule has 0 amide bonds. The summed E-state index contributed by atoms with van der Waals surface area (Å²) in [7, 11) is 0. The van der Waals surface area contributed by atoms with Crippen molar-refractivity contribution >= 4 is 5.69 Å². The Labute approximate surface area is 128 Å². The van der Waals surface area contributed by atoms with Gasteiger partial charge in [-0.2, -0.15) is 0 Å². The van der Waals surface area contributed by atoms with Gasteiger partial charge in [-0.15, -0.1) is 0 Å². The quantitative estimate of drug-likeness (QED) is 0.685. The van der Waals surface area contributed by atoms with Crippen molar-refractivity contribution in [2.75, 3.05) is 0 Å². The highest BCUT2D eigenvalue weighted by Gasteiger charge is 2.14. The van der Waals surface area contributed by atoms with Crippen LogP contribution in [0.2, 0.25) is 0 Å². The molecule has 0 aliphatic carbocycles. The van der Waals surface area contributed by atoms with Crippen molar-refractivity contribution in [3.8, 4) is 11.3 Å². The molecule has 0 fully saturated rings. The first kappa shape index (κ1) is 8.92. The Hall–Kier alpha value is -2.14. The zero-order valence-corrected chi connectivity index (χ0v) is 11.9. The van der Waals surface area contributed by atoms with Crippen molar-refractivity contribution in [3.05, 3.63) is 59.1 Å². The first-order valence-electron chi connectivity index (χ1n) is 8.87. The zero-order valence-electron chi connectivity index (χ0n) is 16.9. The predicted molar refractivity (Wildman–Crippen MR) is 83.8 cm³/mol. The molecule has 0 saturated carbocycles. The maximum atomic E-state index is 8.52. The molecule has 1 aromatic carbocycles. The van der Waals surface area contributed by atoms with Gasteiger partial charge in [0.05, 0.1) is 12.3 Å². The molecule has 102 valence electrons. The molecule has 1 aromatic heterocycles. The fourth-order valence-electron chi connectivity index (χ4n) is 1.86. The smallest absolute Gasteiger partial charge is 0.187 e. The van der Waals surface area contributed by atoms with Crippen LogP contribution < -0.4 is 0 Å². The number of aryl methyl sites for hydroxylation is 1. The van der Waals surface area contributed by atoms with E-state index in [0.717, 1.165) is 0 Å². The Morgan fingerprint density at radius 2 is 2.15 bits per heavy atom. The molecule has 0 N–H and O–H groups in total. The van der Waals surface area contributed by atoms with Crippen LogP contribution in [-0.2, 0) is 6.37 Å². The third kappa shape index (κ3) is 3.45. The van der Waals surface area contributed by atoms with Gasteiger partial charge in [0.15, 0.2) is 5.69 Å². The number of aromatic nitrogens is 1. The van der Waals surface area contributed by atoms with Crippen molar-refractivity contribution in [3.63, 3.8) is 0 Å². The molecular weight excluding hydrogens is 244 g/mol. The van der Waals surface area contributed by atoms with E-state index in [1.807, 2.05) is 0 Å². The number of pyridine rings is 1. The monoisotopic (exact) mass is 269 g/mol. The number of benzene rings is 1. The summed E-state index contributed by atoms with van der Waals surface area (Å²) in [6.45, 7) is 9.85. The van der Waals surface area contributed by atoms with Crippen LogP contribution in [0.5, 0.6) is 0 Å². The van der Waals surface area contributed by atoms with Crippen molar-refractivity contribution in [2.24, 2.45) is 5.41 Å². The summed E-state index contributed by atoms with van der Waals surface area (Å²) in [5.74, 6) is 0. The molecule has 1 heterocycles. The Bertz CT molecular complexity index is 827. The van der Waals surface area contributed by atoms with E-state index in [1.165, 1.54) is 12.3 Å². The van der Waals surface area contributed by atoms with Crippen LogP contribution in [0, 0.1) is 18.8 Å². The molecule has 0 saturated heterocycles. The van der Waals surface area contributed by atoms with Gasteiger partial charge in [0.2, 0.25) is 0 Å². The van der Waals surface area contributed by atoms with Crippen LogP contribution in [0.15, 0.2) is 36.5 Å². The minimum atomic E-state index is -2.46. The van der Waals surface area contributed by atoms with Gasteiger partial charge in [-0.25, -0.2) is 4.85 Å². The molecule has 0 aliphatic rings. The molecule has 20 heavy (non-hydrogen) atoms. The van der Waals surface area contributed by atoms with Gasteiger partial charge in [-0.1, -0.05) is 39.0 Å². The largest absolute Gasteiger partial charge is 0.256 e. The van der Waals surface area contributed by atoms with E-state index in [-0.39, 0.29) is 11.1 Å². The van der Waals surface area contributed by atoms with Crippen LogP contribution in [0.3, 0.4) is 0 Å². The summed E-state index contributed by atoms with van der Waals surface area (Å²) in [5.41, 5.74) is 0.762. The van der Waals surface area contributed by atoms with Gasteiger partial charge in [0, 0.05) is 13.1 Å². The lowest BCUT2D eigenvalue weighted by molar-refractivity contribution is 0.410. The van der Waals surface area contributed by atoms with E-state index in [4.69, 9.17) is 13.4 Å². The molecule has 0 radical (unpaired) electrons. The summed E-state index contributed by atoms with van der Waals surface area (Å²) in [4.78, 5) is 7.60.